The van der Waals surface area contributed by atoms with Gasteiger partial charge in [0.25, 0.3) is 0 Å². The molecule has 0 spiro atoms. The number of aromatic nitrogens is 3. The van der Waals surface area contributed by atoms with Crippen molar-refractivity contribution in [3.63, 3.8) is 0 Å². The third kappa shape index (κ3) is 7.16. The lowest BCUT2D eigenvalue weighted by Gasteiger charge is -2.25. The normalized spacial score (nSPS) is 12.1. The van der Waals surface area contributed by atoms with Gasteiger partial charge in [-0.1, -0.05) is 114 Å². The number of pyridine rings is 1. The molecule has 5 nitrogen and oxygen atoms in total. The van der Waals surface area contributed by atoms with E-state index in [1.54, 1.807) is 26.2 Å². The van der Waals surface area contributed by atoms with Crippen molar-refractivity contribution in [2.45, 2.75) is 19.4 Å². The average Bonchev–Trinajstić information content (AvgIpc) is 3.77. The first kappa shape index (κ1) is 33.4. The van der Waals surface area contributed by atoms with E-state index in [0.29, 0.717) is 15.6 Å². The van der Waals surface area contributed by atoms with Crippen molar-refractivity contribution in [3.8, 4) is 43.4 Å². The molecule has 1 N–H and O–H groups in total. The molecule has 4 aromatic carbocycles. The van der Waals surface area contributed by atoms with Gasteiger partial charge in [-0.25, -0.2) is 0 Å². The number of ketones is 1. The Bertz CT molecular complexity index is 2130. The Morgan fingerprint density at radius 3 is 1.67 bits per heavy atom. The lowest BCUT2D eigenvalue weighted by molar-refractivity contribution is 0.101. The number of aliphatic hydroxyl groups is 1. The molecule has 1 atom stereocenters. The Hall–Kier alpha value is -4.50. The van der Waals surface area contributed by atoms with Crippen LogP contribution < -0.4 is 0 Å². The summed E-state index contributed by atoms with van der Waals surface area (Å²) >= 11 is 14.7. The summed E-state index contributed by atoms with van der Waals surface area (Å²) < 4.78 is 9.19. The number of carbonyl (C=O) groups excluding carboxylic acids is 1. The molecule has 0 aliphatic carbocycles. The van der Waals surface area contributed by atoms with Crippen LogP contribution in [0.3, 0.4) is 0 Å². The molecule has 0 radical (unpaired) electrons. The molecule has 1 unspecified atom stereocenters. The van der Waals surface area contributed by atoms with Gasteiger partial charge < -0.3 is 5.11 Å². The molecule has 48 heavy (non-hydrogen) atoms. The summed E-state index contributed by atoms with van der Waals surface area (Å²) in [5.74, 6) is 0.0209. The molecule has 7 rings (SSSR count). The lowest BCUT2D eigenvalue weighted by Crippen LogP contribution is -2.24. The minimum atomic E-state index is -1.25. The van der Waals surface area contributed by atoms with Crippen LogP contribution in [0.1, 0.15) is 35.3 Å². The van der Waals surface area contributed by atoms with Crippen LogP contribution in [0.25, 0.3) is 43.4 Å². The van der Waals surface area contributed by atoms with Gasteiger partial charge in [0.15, 0.2) is 5.78 Å². The Balaban J connectivity index is 0.000000173. The van der Waals surface area contributed by atoms with Crippen LogP contribution in [0, 0.1) is 0 Å². The average molecular weight is 707 g/mol. The Morgan fingerprint density at radius 2 is 1.15 bits per heavy atom. The zero-order chi connectivity index (χ0) is 33.7. The van der Waals surface area contributed by atoms with Gasteiger partial charge >= 0.3 is 0 Å². The lowest BCUT2D eigenvalue weighted by atomic mass is 9.85. The maximum Gasteiger partial charge on any atom is 0.163 e. The largest absolute Gasteiger partial charge is 0.380 e. The van der Waals surface area contributed by atoms with E-state index in [-0.39, 0.29) is 5.78 Å². The second-order valence-corrected chi connectivity index (χ2v) is 13.5. The van der Waals surface area contributed by atoms with Gasteiger partial charge in [-0.2, -0.15) is 8.75 Å². The monoisotopic (exact) mass is 705 g/mol. The Morgan fingerprint density at radius 1 is 0.646 bits per heavy atom. The number of Topliss-reactive ketones (excluding diaryl/α,β-unsaturated/α-hetero) is 1. The van der Waals surface area contributed by atoms with Crippen molar-refractivity contribution in [1.29, 1.82) is 0 Å². The predicted octanol–water partition coefficient (Wildman–Crippen LogP) is 11.1. The van der Waals surface area contributed by atoms with Gasteiger partial charge in [0.1, 0.15) is 5.60 Å². The Kier molecular flexibility index (Phi) is 10.2. The smallest absolute Gasteiger partial charge is 0.163 e. The molecule has 0 amide bonds. The zero-order valence-electron chi connectivity index (χ0n) is 26.0. The zero-order valence-corrected chi connectivity index (χ0v) is 29.1. The van der Waals surface area contributed by atoms with Gasteiger partial charge in [0.05, 0.1) is 26.7 Å². The molecule has 238 valence electrons. The maximum absolute atomic E-state index is 12.1. The summed E-state index contributed by atoms with van der Waals surface area (Å²) in [5, 5.41) is 12.9. The van der Waals surface area contributed by atoms with E-state index in [4.69, 9.17) is 27.6 Å². The number of benzene rings is 4. The van der Waals surface area contributed by atoms with Crippen molar-refractivity contribution < 1.29 is 9.90 Å². The summed E-state index contributed by atoms with van der Waals surface area (Å²) in [5.41, 5.74) is 6.25. The summed E-state index contributed by atoms with van der Waals surface area (Å²) in [6, 6.07) is 38.5. The highest BCUT2D eigenvalue weighted by Gasteiger charge is 2.34. The van der Waals surface area contributed by atoms with Gasteiger partial charge in [0, 0.05) is 44.7 Å². The van der Waals surface area contributed by atoms with E-state index in [1.807, 2.05) is 121 Å². The molecule has 3 aromatic heterocycles. The molecule has 0 saturated heterocycles. The van der Waals surface area contributed by atoms with E-state index in [2.05, 4.69) is 9.36 Å². The minimum Gasteiger partial charge on any atom is -0.380 e. The van der Waals surface area contributed by atoms with Crippen LogP contribution in [0.2, 0.25) is 10.0 Å². The summed E-state index contributed by atoms with van der Waals surface area (Å²) in [7, 11) is 0. The van der Waals surface area contributed by atoms with Crippen molar-refractivity contribution in [1.82, 2.24) is 13.7 Å². The number of hydrogen-bond acceptors (Lipinski definition) is 7. The summed E-state index contributed by atoms with van der Waals surface area (Å²) in [6.07, 6.45) is 3.39. The molecule has 9 heteroatoms. The van der Waals surface area contributed by atoms with Crippen molar-refractivity contribution in [3.05, 3.63) is 160 Å². The number of hydrogen-bond donors (Lipinski definition) is 1. The van der Waals surface area contributed by atoms with Gasteiger partial charge in [-0.15, -0.1) is 0 Å². The molecule has 0 bridgehead atoms. The van der Waals surface area contributed by atoms with Gasteiger partial charge in [-0.3, -0.25) is 9.78 Å². The van der Waals surface area contributed by atoms with Crippen LogP contribution in [-0.4, -0.2) is 24.6 Å². The molecule has 3 heterocycles. The second kappa shape index (κ2) is 14.7. The number of carbonyl (C=O) groups is 1. The van der Waals surface area contributed by atoms with Crippen LogP contribution >= 0.6 is 46.3 Å². The number of nitrogens with zero attached hydrogens (tertiary/aromatic N) is 3. The molecular formula is C39H29Cl2N3O2S2. The van der Waals surface area contributed by atoms with Crippen LogP contribution in [-0.2, 0) is 5.60 Å². The molecular weight excluding hydrogens is 677 g/mol. The van der Waals surface area contributed by atoms with Crippen molar-refractivity contribution >= 4 is 52.1 Å². The Labute approximate surface area is 297 Å². The van der Waals surface area contributed by atoms with Crippen LogP contribution in [0.15, 0.2) is 134 Å². The standard InChI is InChI=1S/C22H17ClN2OS.C17H12ClNOS/c1-22(26,17-8-5-13-24-14-17)19-20(15-9-11-18(23)12-10-15)25-27-21(19)16-6-3-2-4-7-16;1-11(20)15-16(12-7-9-14(18)10-8-12)19-21-17(15)13-5-3-2-4-6-13/h2-14,26H,1H3;2-10H,1H3. The predicted molar refractivity (Wildman–Crippen MR) is 199 cm³/mol. The fourth-order valence-corrected chi connectivity index (χ4v) is 7.55. The first-order chi connectivity index (χ1) is 23.2. The SMILES string of the molecule is CC(=O)c1c(-c2ccc(Cl)cc2)nsc1-c1ccccc1.CC(O)(c1cccnc1)c1c(-c2ccc(Cl)cc2)nsc1-c1ccccc1. The molecule has 0 fully saturated rings. The first-order valence-electron chi connectivity index (χ1n) is 15.0. The van der Waals surface area contributed by atoms with E-state index >= 15 is 0 Å². The van der Waals surface area contributed by atoms with E-state index in [0.717, 1.165) is 54.5 Å². The van der Waals surface area contributed by atoms with Crippen molar-refractivity contribution in [2.24, 2.45) is 0 Å². The molecule has 7 aromatic rings. The fourth-order valence-electron chi connectivity index (χ4n) is 5.34. The highest BCUT2D eigenvalue weighted by molar-refractivity contribution is 7.10. The van der Waals surface area contributed by atoms with E-state index in [9.17, 15) is 9.90 Å². The quantitative estimate of drug-likeness (QED) is 0.167. The topological polar surface area (TPSA) is 76.0 Å². The number of rotatable bonds is 7. The van der Waals surface area contributed by atoms with Gasteiger partial charge in [0.2, 0.25) is 0 Å². The maximum atomic E-state index is 12.1. The molecule has 0 aliphatic rings. The van der Waals surface area contributed by atoms with E-state index in [1.165, 1.54) is 23.1 Å². The molecule has 0 aliphatic heterocycles. The van der Waals surface area contributed by atoms with Crippen LogP contribution in [0.4, 0.5) is 0 Å². The van der Waals surface area contributed by atoms with Gasteiger partial charge in [-0.05, 0) is 78.4 Å². The first-order valence-corrected chi connectivity index (χ1v) is 17.3. The summed E-state index contributed by atoms with van der Waals surface area (Å²) in [4.78, 5) is 18.1. The highest BCUT2D eigenvalue weighted by Crippen LogP contribution is 2.44. The third-order valence-electron chi connectivity index (χ3n) is 7.75. The van der Waals surface area contributed by atoms with Crippen LogP contribution in [0.5, 0.6) is 0 Å². The third-order valence-corrected chi connectivity index (χ3v) is 10.1. The van der Waals surface area contributed by atoms with Crippen molar-refractivity contribution in [2.75, 3.05) is 0 Å². The molecule has 0 saturated carbocycles. The minimum absolute atomic E-state index is 0.0209. The summed E-state index contributed by atoms with van der Waals surface area (Å²) in [6.45, 7) is 3.37. The van der Waals surface area contributed by atoms with E-state index < -0.39 is 5.60 Å². The number of halogens is 2. The second-order valence-electron chi connectivity index (χ2n) is 11.1. The fraction of sp³-hybridized carbons (Fsp3) is 0.0769. The highest BCUT2D eigenvalue weighted by atomic mass is 35.5.